The first kappa shape index (κ1) is 21.3. The van der Waals surface area contributed by atoms with Crippen molar-refractivity contribution in [1.29, 1.82) is 0 Å². The topological polar surface area (TPSA) is 0 Å². The number of hydrogen-bond acceptors (Lipinski definition) is 2. The van der Waals surface area contributed by atoms with Crippen molar-refractivity contribution in [3.63, 3.8) is 0 Å². The zero-order valence-corrected chi connectivity index (χ0v) is 21.9. The number of thiophene rings is 2. The number of unbranched alkanes of at least 4 members (excludes halogenated alkanes) is 1. The quantitative estimate of drug-likeness (QED) is 0.188. The van der Waals surface area contributed by atoms with Crippen LogP contribution < -0.4 is 0 Å². The number of rotatable bonds is 6. The predicted octanol–water partition coefficient (Wildman–Crippen LogP) is 10.3. The molecule has 0 amide bonds. The standard InChI is InChI=1S/C30H25BrS2/c1-2-3-4-19-5-7-20(8-6-19)9-13-24-17-23-12-14-25-26(29(23)33-24)18-22-11-10-21-15-16-32-30(21)27(22)28(25)31/h5-8,10-12,14-18H,2-4,9,13H2,1H3. The lowest BCUT2D eigenvalue weighted by Gasteiger charge is -2.08. The molecule has 4 aromatic carbocycles. The van der Waals surface area contributed by atoms with E-state index in [1.807, 2.05) is 22.7 Å². The highest BCUT2D eigenvalue weighted by Crippen LogP contribution is 2.43. The fourth-order valence-electron chi connectivity index (χ4n) is 4.84. The third-order valence-electron chi connectivity index (χ3n) is 6.69. The Morgan fingerprint density at radius 3 is 2.27 bits per heavy atom. The molecule has 2 heterocycles. The van der Waals surface area contributed by atoms with Gasteiger partial charge in [0.05, 0.1) is 0 Å². The molecule has 33 heavy (non-hydrogen) atoms. The number of fused-ring (bicyclic) bond motifs is 6. The van der Waals surface area contributed by atoms with Crippen LogP contribution in [0.1, 0.15) is 35.8 Å². The van der Waals surface area contributed by atoms with Gasteiger partial charge in [-0.2, -0.15) is 0 Å². The van der Waals surface area contributed by atoms with Gasteiger partial charge in [0.2, 0.25) is 0 Å². The van der Waals surface area contributed by atoms with Crippen molar-refractivity contribution in [2.75, 3.05) is 0 Å². The van der Waals surface area contributed by atoms with Gasteiger partial charge in [-0.25, -0.2) is 0 Å². The molecule has 0 radical (unpaired) electrons. The van der Waals surface area contributed by atoms with Crippen molar-refractivity contribution in [3.8, 4) is 0 Å². The van der Waals surface area contributed by atoms with Gasteiger partial charge in [-0.15, -0.1) is 22.7 Å². The number of benzene rings is 4. The third-order valence-corrected chi connectivity index (χ3v) is 9.70. The van der Waals surface area contributed by atoms with Crippen molar-refractivity contribution >= 4 is 80.3 Å². The van der Waals surface area contributed by atoms with Crippen molar-refractivity contribution in [1.82, 2.24) is 0 Å². The van der Waals surface area contributed by atoms with E-state index in [0.717, 1.165) is 12.8 Å². The lowest BCUT2D eigenvalue weighted by Crippen LogP contribution is -1.90. The molecule has 0 spiro atoms. The van der Waals surface area contributed by atoms with E-state index in [0.29, 0.717) is 0 Å². The molecule has 2 aromatic heterocycles. The minimum atomic E-state index is 1.10. The highest BCUT2D eigenvalue weighted by Gasteiger charge is 2.13. The predicted molar refractivity (Wildman–Crippen MR) is 152 cm³/mol. The molecule has 0 saturated heterocycles. The van der Waals surface area contributed by atoms with E-state index in [9.17, 15) is 0 Å². The lowest BCUT2D eigenvalue weighted by molar-refractivity contribution is 0.794. The van der Waals surface area contributed by atoms with Crippen molar-refractivity contribution in [2.24, 2.45) is 0 Å². The molecule has 6 aromatic rings. The van der Waals surface area contributed by atoms with E-state index in [-0.39, 0.29) is 0 Å². The summed E-state index contributed by atoms with van der Waals surface area (Å²) in [5, 5.41) is 10.2. The molecule has 164 valence electrons. The van der Waals surface area contributed by atoms with Crippen LogP contribution in [0.3, 0.4) is 0 Å². The Morgan fingerprint density at radius 1 is 0.697 bits per heavy atom. The Kier molecular flexibility index (Phi) is 5.73. The highest BCUT2D eigenvalue weighted by molar-refractivity contribution is 9.10. The average Bonchev–Trinajstić information content (AvgIpc) is 3.49. The second kappa shape index (κ2) is 8.87. The zero-order chi connectivity index (χ0) is 22.4. The van der Waals surface area contributed by atoms with Gasteiger partial charge in [-0.3, -0.25) is 0 Å². The molecular formula is C30H25BrS2. The van der Waals surface area contributed by atoms with E-state index >= 15 is 0 Å². The molecule has 0 bridgehead atoms. The largest absolute Gasteiger partial charge is 0.143 e. The van der Waals surface area contributed by atoms with E-state index in [4.69, 9.17) is 0 Å². The van der Waals surface area contributed by atoms with E-state index < -0.39 is 0 Å². The maximum absolute atomic E-state index is 3.97. The SMILES string of the molecule is CCCCc1ccc(CCc2cc3ccc4c(Br)c5c(ccc6ccsc65)cc4c3s2)cc1. The third kappa shape index (κ3) is 3.90. The van der Waals surface area contributed by atoms with Crippen LogP contribution in [-0.4, -0.2) is 0 Å². The van der Waals surface area contributed by atoms with Gasteiger partial charge in [0, 0.05) is 29.5 Å². The van der Waals surface area contributed by atoms with Gasteiger partial charge in [-0.1, -0.05) is 61.9 Å². The number of aryl methyl sites for hydroxylation is 3. The molecule has 0 nitrogen and oxygen atoms in total. The molecular weight excluding hydrogens is 504 g/mol. The molecule has 0 aliphatic carbocycles. The summed E-state index contributed by atoms with van der Waals surface area (Å²) in [6.07, 6.45) is 5.93. The number of hydrogen-bond donors (Lipinski definition) is 0. The Balaban J connectivity index is 1.35. The fraction of sp³-hybridized carbons (Fsp3) is 0.200. The van der Waals surface area contributed by atoms with Crippen LogP contribution in [0.4, 0.5) is 0 Å². The summed E-state index contributed by atoms with van der Waals surface area (Å²) >= 11 is 7.77. The Morgan fingerprint density at radius 2 is 1.45 bits per heavy atom. The van der Waals surface area contributed by atoms with Gasteiger partial charge in [-0.05, 0) is 97.9 Å². The van der Waals surface area contributed by atoms with Crippen LogP contribution in [-0.2, 0) is 19.3 Å². The van der Waals surface area contributed by atoms with Crippen LogP contribution in [0.5, 0.6) is 0 Å². The first-order valence-electron chi connectivity index (χ1n) is 11.7. The molecule has 0 unspecified atom stereocenters. The average molecular weight is 530 g/mol. The summed E-state index contributed by atoms with van der Waals surface area (Å²) < 4.78 is 4.00. The van der Waals surface area contributed by atoms with Crippen LogP contribution >= 0.6 is 38.6 Å². The minimum Gasteiger partial charge on any atom is -0.143 e. The smallest absolute Gasteiger partial charge is 0.0432 e. The number of halogens is 1. The van der Waals surface area contributed by atoms with Crippen LogP contribution in [0, 0.1) is 0 Å². The molecule has 0 fully saturated rings. The molecule has 0 saturated carbocycles. The molecule has 0 atom stereocenters. The summed E-state index contributed by atoms with van der Waals surface area (Å²) in [6, 6.07) is 25.4. The van der Waals surface area contributed by atoms with E-state index in [2.05, 4.69) is 95.0 Å². The minimum absolute atomic E-state index is 1.10. The molecule has 0 N–H and O–H groups in total. The van der Waals surface area contributed by atoms with Crippen LogP contribution in [0.15, 0.2) is 76.6 Å². The Bertz CT molecular complexity index is 1600. The lowest BCUT2D eigenvalue weighted by atomic mass is 10.0. The summed E-state index contributed by atoms with van der Waals surface area (Å²) in [5.74, 6) is 0. The fourth-order valence-corrected chi connectivity index (χ4v) is 7.88. The van der Waals surface area contributed by atoms with Gasteiger partial charge < -0.3 is 0 Å². The maximum Gasteiger partial charge on any atom is 0.0432 e. The van der Waals surface area contributed by atoms with Gasteiger partial charge in [0.25, 0.3) is 0 Å². The van der Waals surface area contributed by atoms with Crippen LogP contribution in [0.2, 0.25) is 0 Å². The van der Waals surface area contributed by atoms with Gasteiger partial charge in [0.15, 0.2) is 0 Å². The Labute approximate surface area is 211 Å². The van der Waals surface area contributed by atoms with Crippen molar-refractivity contribution in [2.45, 2.75) is 39.0 Å². The van der Waals surface area contributed by atoms with Crippen LogP contribution in [0.25, 0.3) is 41.7 Å². The first-order valence-corrected chi connectivity index (χ1v) is 14.2. The molecule has 6 rings (SSSR count). The van der Waals surface area contributed by atoms with E-state index in [1.165, 1.54) is 81.5 Å². The van der Waals surface area contributed by atoms with Gasteiger partial charge in [0.1, 0.15) is 0 Å². The summed E-state index contributed by atoms with van der Waals surface area (Å²) in [4.78, 5) is 1.47. The summed E-state index contributed by atoms with van der Waals surface area (Å²) in [5.41, 5.74) is 2.90. The first-order chi connectivity index (χ1) is 16.2. The van der Waals surface area contributed by atoms with E-state index in [1.54, 1.807) is 0 Å². The van der Waals surface area contributed by atoms with Crippen molar-refractivity contribution in [3.05, 3.63) is 92.6 Å². The summed E-state index contributed by atoms with van der Waals surface area (Å²) in [7, 11) is 0. The Hall–Kier alpha value is -2.20. The summed E-state index contributed by atoms with van der Waals surface area (Å²) in [6.45, 7) is 2.26. The highest BCUT2D eigenvalue weighted by atomic mass is 79.9. The van der Waals surface area contributed by atoms with Gasteiger partial charge >= 0.3 is 0 Å². The molecule has 3 heteroatoms. The maximum atomic E-state index is 3.97. The molecule has 0 aliphatic heterocycles. The van der Waals surface area contributed by atoms with Crippen molar-refractivity contribution < 1.29 is 0 Å². The second-order valence-corrected chi connectivity index (χ2v) is 11.8. The normalized spacial score (nSPS) is 11.9. The zero-order valence-electron chi connectivity index (χ0n) is 18.7. The molecule has 0 aliphatic rings. The second-order valence-electron chi connectivity index (χ2n) is 8.90. The monoisotopic (exact) mass is 528 g/mol.